The van der Waals surface area contributed by atoms with Crippen LogP contribution < -0.4 is 10.5 Å². The van der Waals surface area contributed by atoms with Gasteiger partial charge in [-0.25, -0.2) is 4.79 Å². The van der Waals surface area contributed by atoms with Crippen molar-refractivity contribution in [3.05, 3.63) is 28.2 Å². The number of halogens is 2. The lowest BCUT2D eigenvalue weighted by Gasteiger charge is -2.37. The molecule has 1 saturated heterocycles. The van der Waals surface area contributed by atoms with E-state index in [1.165, 1.54) is 0 Å². The summed E-state index contributed by atoms with van der Waals surface area (Å²) in [6.45, 7) is 1.80. The quantitative estimate of drug-likeness (QED) is 0.920. The minimum atomic E-state index is -0.384. The van der Waals surface area contributed by atoms with E-state index in [0.29, 0.717) is 41.4 Å². The third-order valence-electron chi connectivity index (χ3n) is 2.64. The van der Waals surface area contributed by atoms with E-state index >= 15 is 0 Å². The van der Waals surface area contributed by atoms with Crippen molar-refractivity contribution in [1.29, 1.82) is 0 Å². The number of hydrogen-bond donors (Lipinski definition) is 1. The molecule has 1 aliphatic rings. The Morgan fingerprint density at radius 1 is 1.47 bits per heavy atom. The summed E-state index contributed by atoms with van der Waals surface area (Å²) in [4.78, 5) is 12.3. The summed E-state index contributed by atoms with van der Waals surface area (Å²) < 4.78 is 5.55. The summed E-state index contributed by atoms with van der Waals surface area (Å²) in [6.07, 6.45) is 0. The van der Waals surface area contributed by atoms with E-state index in [0.717, 1.165) is 0 Å². The third-order valence-corrected chi connectivity index (χ3v) is 3.17. The number of carbonyl (C=O) groups excluding carboxylic acids is 1. The van der Waals surface area contributed by atoms with Gasteiger partial charge in [0.2, 0.25) is 0 Å². The first-order valence-electron chi connectivity index (χ1n) is 5.18. The fourth-order valence-corrected chi connectivity index (χ4v) is 2.12. The van der Waals surface area contributed by atoms with Gasteiger partial charge >= 0.3 is 6.03 Å². The predicted octanol–water partition coefficient (Wildman–Crippen LogP) is 2.38. The molecule has 2 rings (SSSR count). The van der Waals surface area contributed by atoms with Gasteiger partial charge < -0.3 is 15.4 Å². The Kier molecular flexibility index (Phi) is 3.64. The van der Waals surface area contributed by atoms with Crippen LogP contribution in [0.5, 0.6) is 5.75 Å². The topological polar surface area (TPSA) is 55.6 Å². The monoisotopic (exact) mass is 274 g/mol. The zero-order chi connectivity index (χ0) is 12.4. The van der Waals surface area contributed by atoms with Crippen LogP contribution in [0.3, 0.4) is 0 Å². The van der Waals surface area contributed by atoms with Crippen LogP contribution in [0, 0.1) is 5.92 Å². The van der Waals surface area contributed by atoms with Crippen molar-refractivity contribution in [3.63, 3.8) is 0 Å². The molecule has 0 aromatic heterocycles. The molecule has 92 valence electrons. The van der Waals surface area contributed by atoms with E-state index in [1.807, 2.05) is 0 Å². The van der Waals surface area contributed by atoms with Crippen LogP contribution in [0.1, 0.15) is 0 Å². The smallest absolute Gasteiger partial charge is 0.314 e. The standard InChI is InChI=1S/C11H12Cl2N2O2/c12-8-1-2-10(9(13)3-8)17-6-7-4-15(5-7)11(14)16/h1-3,7H,4-6H2,(H2,14,16). The lowest BCUT2D eigenvalue weighted by atomic mass is 10.0. The van der Waals surface area contributed by atoms with Gasteiger partial charge in [-0.3, -0.25) is 0 Å². The van der Waals surface area contributed by atoms with Crippen LogP contribution in [0.15, 0.2) is 18.2 Å². The summed E-state index contributed by atoms with van der Waals surface area (Å²) in [5, 5.41) is 1.06. The lowest BCUT2D eigenvalue weighted by Crippen LogP contribution is -2.54. The van der Waals surface area contributed by atoms with E-state index in [9.17, 15) is 4.79 Å². The minimum Gasteiger partial charge on any atom is -0.492 e. The molecule has 4 nitrogen and oxygen atoms in total. The molecule has 1 aromatic rings. The maximum atomic E-state index is 10.8. The number of nitrogens with zero attached hydrogens (tertiary/aromatic N) is 1. The van der Waals surface area contributed by atoms with Crippen molar-refractivity contribution in [2.24, 2.45) is 11.7 Å². The molecule has 1 aliphatic heterocycles. The molecule has 6 heteroatoms. The molecule has 0 unspecified atom stereocenters. The van der Waals surface area contributed by atoms with Gasteiger partial charge in [0.15, 0.2) is 0 Å². The third kappa shape index (κ3) is 2.96. The van der Waals surface area contributed by atoms with E-state index in [-0.39, 0.29) is 6.03 Å². The van der Waals surface area contributed by atoms with Gasteiger partial charge in [0, 0.05) is 24.0 Å². The molecule has 0 radical (unpaired) electrons. The van der Waals surface area contributed by atoms with Crippen LogP contribution >= 0.6 is 23.2 Å². The highest BCUT2D eigenvalue weighted by Gasteiger charge is 2.29. The summed E-state index contributed by atoms with van der Waals surface area (Å²) in [5.74, 6) is 0.919. The summed E-state index contributed by atoms with van der Waals surface area (Å²) in [6, 6.07) is 4.70. The molecule has 0 bridgehead atoms. The average Bonchev–Trinajstić information content (AvgIpc) is 2.17. The number of ether oxygens (including phenoxy) is 1. The SMILES string of the molecule is NC(=O)N1CC(COc2ccc(Cl)cc2Cl)C1. The normalized spacial score (nSPS) is 15.5. The highest BCUT2D eigenvalue weighted by Crippen LogP contribution is 2.28. The maximum absolute atomic E-state index is 10.8. The molecule has 17 heavy (non-hydrogen) atoms. The second-order valence-corrected chi connectivity index (χ2v) is 4.84. The van der Waals surface area contributed by atoms with Gasteiger partial charge in [-0.15, -0.1) is 0 Å². The van der Waals surface area contributed by atoms with Crippen molar-refractivity contribution in [1.82, 2.24) is 4.90 Å². The molecule has 0 aliphatic carbocycles. The zero-order valence-electron chi connectivity index (χ0n) is 9.03. The molecular formula is C11H12Cl2N2O2. The highest BCUT2D eigenvalue weighted by molar-refractivity contribution is 6.35. The van der Waals surface area contributed by atoms with E-state index < -0.39 is 0 Å². The van der Waals surface area contributed by atoms with Gasteiger partial charge in [-0.1, -0.05) is 23.2 Å². The number of likely N-dealkylation sites (tertiary alicyclic amines) is 1. The van der Waals surface area contributed by atoms with Crippen LogP contribution in [0.2, 0.25) is 10.0 Å². The Morgan fingerprint density at radius 3 is 2.76 bits per heavy atom. The second-order valence-electron chi connectivity index (χ2n) is 3.99. The van der Waals surface area contributed by atoms with Crippen molar-refractivity contribution in [2.45, 2.75) is 0 Å². The van der Waals surface area contributed by atoms with Gasteiger partial charge in [0.25, 0.3) is 0 Å². The summed E-state index contributed by atoms with van der Waals surface area (Å²) in [5.41, 5.74) is 5.12. The number of primary amides is 1. The predicted molar refractivity (Wildman–Crippen MR) is 66.6 cm³/mol. The van der Waals surface area contributed by atoms with Crippen LogP contribution in [-0.4, -0.2) is 30.6 Å². The zero-order valence-corrected chi connectivity index (χ0v) is 10.5. The number of carbonyl (C=O) groups is 1. The molecule has 1 aromatic carbocycles. The number of hydrogen-bond acceptors (Lipinski definition) is 2. The van der Waals surface area contributed by atoms with Crippen LogP contribution in [0.4, 0.5) is 4.79 Å². The first-order valence-corrected chi connectivity index (χ1v) is 5.94. The van der Waals surface area contributed by atoms with Crippen LogP contribution in [0.25, 0.3) is 0 Å². The molecule has 0 spiro atoms. The fraction of sp³-hybridized carbons (Fsp3) is 0.364. The number of benzene rings is 1. The van der Waals surface area contributed by atoms with E-state index in [2.05, 4.69) is 0 Å². The molecule has 1 heterocycles. The van der Waals surface area contributed by atoms with Gasteiger partial charge in [0.05, 0.1) is 11.6 Å². The molecule has 1 fully saturated rings. The Hall–Kier alpha value is -1.13. The first kappa shape index (κ1) is 12.3. The van der Waals surface area contributed by atoms with Gasteiger partial charge in [0.1, 0.15) is 5.75 Å². The Labute approximate surface area is 109 Å². The average molecular weight is 275 g/mol. The molecule has 0 atom stereocenters. The molecule has 2 amide bonds. The number of amides is 2. The maximum Gasteiger partial charge on any atom is 0.314 e. The van der Waals surface area contributed by atoms with Gasteiger partial charge in [-0.2, -0.15) is 0 Å². The molecule has 2 N–H and O–H groups in total. The fourth-order valence-electron chi connectivity index (χ4n) is 1.66. The van der Waals surface area contributed by atoms with Crippen molar-refractivity contribution in [3.8, 4) is 5.75 Å². The Morgan fingerprint density at radius 2 is 2.18 bits per heavy atom. The van der Waals surface area contributed by atoms with Gasteiger partial charge in [-0.05, 0) is 18.2 Å². The molecule has 0 saturated carbocycles. The molecular weight excluding hydrogens is 263 g/mol. The summed E-state index contributed by atoms with van der Waals surface area (Å²) >= 11 is 11.7. The Balaban J connectivity index is 1.81. The van der Waals surface area contributed by atoms with E-state index in [4.69, 9.17) is 33.7 Å². The van der Waals surface area contributed by atoms with Crippen LogP contribution in [-0.2, 0) is 0 Å². The highest BCUT2D eigenvalue weighted by atomic mass is 35.5. The number of urea groups is 1. The number of nitrogens with two attached hydrogens (primary N) is 1. The largest absolute Gasteiger partial charge is 0.492 e. The lowest BCUT2D eigenvalue weighted by molar-refractivity contribution is 0.0903. The van der Waals surface area contributed by atoms with E-state index in [1.54, 1.807) is 23.1 Å². The number of rotatable bonds is 3. The summed E-state index contributed by atoms with van der Waals surface area (Å²) in [7, 11) is 0. The van der Waals surface area contributed by atoms with Crippen molar-refractivity contribution < 1.29 is 9.53 Å². The van der Waals surface area contributed by atoms with Crippen molar-refractivity contribution in [2.75, 3.05) is 19.7 Å². The first-order chi connectivity index (χ1) is 8.06. The minimum absolute atomic E-state index is 0.314. The second kappa shape index (κ2) is 5.02. The Bertz CT molecular complexity index is 433. The van der Waals surface area contributed by atoms with Crippen molar-refractivity contribution >= 4 is 29.2 Å².